The van der Waals surface area contributed by atoms with Gasteiger partial charge < -0.3 is 10.4 Å². The Morgan fingerprint density at radius 1 is 1.74 bits per heavy atom. The highest BCUT2D eigenvalue weighted by molar-refractivity contribution is 8.00. The lowest BCUT2D eigenvalue weighted by Crippen LogP contribution is -2.57. The minimum absolute atomic E-state index is 0.181. The third-order valence-electron chi connectivity index (χ3n) is 3.37. The van der Waals surface area contributed by atoms with Crippen molar-refractivity contribution < 1.29 is 9.90 Å². The maximum atomic E-state index is 12.0. The molecule has 6 heteroatoms. The summed E-state index contributed by atoms with van der Waals surface area (Å²) in [6.07, 6.45) is 3.26. The van der Waals surface area contributed by atoms with Gasteiger partial charge in [0.25, 0.3) is 5.91 Å². The Hall–Kier alpha value is -0.780. The van der Waals surface area contributed by atoms with Crippen molar-refractivity contribution in [1.82, 2.24) is 10.3 Å². The van der Waals surface area contributed by atoms with Gasteiger partial charge in [0, 0.05) is 18.0 Å². The van der Waals surface area contributed by atoms with Crippen LogP contribution in [0.1, 0.15) is 30.1 Å². The van der Waals surface area contributed by atoms with E-state index in [-0.39, 0.29) is 22.9 Å². The third kappa shape index (κ3) is 3.22. The molecule has 1 heterocycles. The lowest BCUT2D eigenvalue weighted by atomic mass is 9.79. The van der Waals surface area contributed by atoms with Crippen molar-refractivity contribution in [3.63, 3.8) is 0 Å². The Bertz CT molecular complexity index is 472. The van der Waals surface area contributed by atoms with E-state index in [2.05, 4.69) is 17.2 Å². The van der Waals surface area contributed by atoms with Crippen LogP contribution in [-0.4, -0.2) is 39.1 Å². The predicted octanol–water partition coefficient (Wildman–Crippen LogP) is 2.11. The summed E-state index contributed by atoms with van der Waals surface area (Å²) in [5.41, 5.74) is -0.447. The zero-order valence-corrected chi connectivity index (χ0v) is 12.3. The largest absolute Gasteiger partial charge is 0.387 e. The van der Waals surface area contributed by atoms with E-state index in [1.54, 1.807) is 23.9 Å². The second-order valence-electron chi connectivity index (χ2n) is 4.61. The summed E-state index contributed by atoms with van der Waals surface area (Å²) in [6, 6.07) is 3.28. The second-order valence-corrected chi connectivity index (χ2v) is 6.45. The third-order valence-corrected chi connectivity index (χ3v) is 5.08. The van der Waals surface area contributed by atoms with Gasteiger partial charge in [-0.2, -0.15) is 11.8 Å². The van der Waals surface area contributed by atoms with Crippen LogP contribution in [0.5, 0.6) is 0 Å². The van der Waals surface area contributed by atoms with Crippen molar-refractivity contribution in [2.45, 2.75) is 30.6 Å². The molecule has 0 radical (unpaired) electrons. The highest BCUT2D eigenvalue weighted by Crippen LogP contribution is 2.40. The number of pyridine rings is 1. The van der Waals surface area contributed by atoms with E-state index >= 15 is 0 Å². The highest BCUT2D eigenvalue weighted by Gasteiger charge is 2.45. The van der Waals surface area contributed by atoms with Gasteiger partial charge in [-0.3, -0.25) is 4.79 Å². The van der Waals surface area contributed by atoms with Gasteiger partial charge in [-0.05, 0) is 30.7 Å². The lowest BCUT2D eigenvalue weighted by Gasteiger charge is -2.45. The Kier molecular flexibility index (Phi) is 4.71. The summed E-state index contributed by atoms with van der Waals surface area (Å²) in [5, 5.41) is 13.5. The van der Waals surface area contributed by atoms with Gasteiger partial charge in [0.05, 0.1) is 11.2 Å². The molecule has 0 saturated heterocycles. The minimum Gasteiger partial charge on any atom is -0.387 e. The first-order chi connectivity index (χ1) is 9.07. The number of halogens is 1. The molecule has 1 amide bonds. The summed E-state index contributed by atoms with van der Waals surface area (Å²) < 4.78 is 0. The van der Waals surface area contributed by atoms with Crippen LogP contribution in [-0.2, 0) is 0 Å². The van der Waals surface area contributed by atoms with Crippen molar-refractivity contribution in [2.24, 2.45) is 0 Å². The van der Waals surface area contributed by atoms with Crippen LogP contribution in [0.2, 0.25) is 5.15 Å². The molecule has 1 saturated carbocycles. The van der Waals surface area contributed by atoms with E-state index in [1.165, 1.54) is 6.20 Å². The lowest BCUT2D eigenvalue weighted by molar-refractivity contribution is -0.0221. The number of hydrogen-bond acceptors (Lipinski definition) is 4. The Balaban J connectivity index is 1.92. The molecule has 0 spiro atoms. The number of carbonyl (C=O) groups is 1. The Morgan fingerprint density at radius 2 is 2.53 bits per heavy atom. The first-order valence-corrected chi connectivity index (χ1v) is 7.72. The van der Waals surface area contributed by atoms with Gasteiger partial charge in [-0.25, -0.2) is 4.98 Å². The molecule has 0 aromatic carbocycles. The molecule has 2 rings (SSSR count). The van der Waals surface area contributed by atoms with Crippen LogP contribution in [0, 0.1) is 0 Å². The topological polar surface area (TPSA) is 62.2 Å². The van der Waals surface area contributed by atoms with E-state index in [4.69, 9.17) is 11.6 Å². The Labute approximate surface area is 121 Å². The average Bonchev–Trinajstić information content (AvgIpc) is 2.41. The number of thioether (sulfide) groups is 1. The van der Waals surface area contributed by atoms with Crippen LogP contribution in [0.25, 0.3) is 0 Å². The number of aliphatic hydroxyl groups is 1. The SMILES string of the molecule is CCSC1CCC1(O)CNC(=O)c1cccnc1Cl. The molecule has 1 aliphatic carbocycles. The van der Waals surface area contributed by atoms with Crippen molar-refractivity contribution >= 4 is 29.3 Å². The minimum atomic E-state index is -0.787. The van der Waals surface area contributed by atoms with Gasteiger partial charge in [0.15, 0.2) is 0 Å². The predicted molar refractivity (Wildman–Crippen MR) is 77.7 cm³/mol. The molecule has 1 aliphatic rings. The monoisotopic (exact) mass is 300 g/mol. The summed E-state index contributed by atoms with van der Waals surface area (Å²) in [4.78, 5) is 15.8. The van der Waals surface area contributed by atoms with Crippen molar-refractivity contribution in [2.75, 3.05) is 12.3 Å². The van der Waals surface area contributed by atoms with Crippen molar-refractivity contribution in [3.05, 3.63) is 29.0 Å². The fourth-order valence-corrected chi connectivity index (χ4v) is 3.52. The van der Waals surface area contributed by atoms with Crippen molar-refractivity contribution in [3.8, 4) is 0 Å². The van der Waals surface area contributed by atoms with E-state index < -0.39 is 5.60 Å². The normalized spacial score (nSPS) is 25.7. The van der Waals surface area contributed by atoms with Crippen LogP contribution in [0.15, 0.2) is 18.3 Å². The van der Waals surface area contributed by atoms with Gasteiger partial charge in [-0.1, -0.05) is 18.5 Å². The smallest absolute Gasteiger partial charge is 0.254 e. The Morgan fingerprint density at radius 3 is 3.11 bits per heavy atom. The molecule has 104 valence electrons. The first kappa shape index (κ1) is 14.6. The van der Waals surface area contributed by atoms with Gasteiger partial charge >= 0.3 is 0 Å². The van der Waals surface area contributed by atoms with E-state index in [0.717, 1.165) is 18.6 Å². The van der Waals surface area contributed by atoms with Gasteiger partial charge in [0.1, 0.15) is 5.15 Å². The molecule has 1 aromatic rings. The molecule has 2 unspecified atom stereocenters. The average molecular weight is 301 g/mol. The van der Waals surface area contributed by atoms with Crippen LogP contribution in [0.3, 0.4) is 0 Å². The molecular weight excluding hydrogens is 284 g/mol. The number of carbonyl (C=O) groups excluding carboxylic acids is 1. The van der Waals surface area contributed by atoms with Crippen LogP contribution >= 0.6 is 23.4 Å². The van der Waals surface area contributed by atoms with E-state index in [1.807, 2.05) is 0 Å². The molecule has 2 atom stereocenters. The standard InChI is InChI=1S/C13H17ClN2O2S/c1-2-19-10-5-6-13(10,18)8-16-12(17)9-4-3-7-15-11(9)14/h3-4,7,10,18H,2,5-6,8H2,1H3,(H,16,17). The van der Waals surface area contributed by atoms with Gasteiger partial charge in [0.2, 0.25) is 0 Å². The fourth-order valence-electron chi connectivity index (χ4n) is 2.12. The quantitative estimate of drug-likeness (QED) is 0.818. The number of aromatic nitrogens is 1. The van der Waals surface area contributed by atoms with Crippen molar-refractivity contribution in [1.29, 1.82) is 0 Å². The maximum absolute atomic E-state index is 12.0. The molecular formula is C13H17ClN2O2S. The molecule has 1 fully saturated rings. The zero-order valence-electron chi connectivity index (χ0n) is 10.7. The maximum Gasteiger partial charge on any atom is 0.254 e. The molecule has 0 bridgehead atoms. The second kappa shape index (κ2) is 6.11. The number of hydrogen-bond donors (Lipinski definition) is 2. The number of nitrogens with one attached hydrogen (secondary N) is 1. The van der Waals surface area contributed by atoms with Crippen LogP contribution < -0.4 is 5.32 Å². The van der Waals surface area contributed by atoms with E-state index in [0.29, 0.717) is 5.56 Å². The molecule has 19 heavy (non-hydrogen) atoms. The highest BCUT2D eigenvalue weighted by atomic mass is 35.5. The molecule has 0 aliphatic heterocycles. The number of rotatable bonds is 5. The van der Waals surface area contributed by atoms with Crippen LogP contribution in [0.4, 0.5) is 0 Å². The molecule has 2 N–H and O–H groups in total. The molecule has 1 aromatic heterocycles. The summed E-state index contributed by atoms with van der Waals surface area (Å²) >= 11 is 7.59. The molecule has 4 nitrogen and oxygen atoms in total. The summed E-state index contributed by atoms with van der Waals surface area (Å²) in [7, 11) is 0. The number of amides is 1. The van der Waals surface area contributed by atoms with Gasteiger partial charge in [-0.15, -0.1) is 0 Å². The zero-order chi connectivity index (χ0) is 13.9. The van der Waals surface area contributed by atoms with E-state index in [9.17, 15) is 9.90 Å². The number of nitrogens with zero attached hydrogens (tertiary/aromatic N) is 1. The first-order valence-electron chi connectivity index (χ1n) is 6.29. The fraction of sp³-hybridized carbons (Fsp3) is 0.538. The summed E-state index contributed by atoms with van der Waals surface area (Å²) in [5.74, 6) is 0.675. The summed E-state index contributed by atoms with van der Waals surface area (Å²) in [6.45, 7) is 2.33.